The summed E-state index contributed by atoms with van der Waals surface area (Å²) in [4.78, 5) is 35.9. The number of rotatable bonds is 5. The SMILES string of the molecule is O=C(CSc1nc2c(cnn2-c2ccccn2)c(=O)[nH]1)Nc1cc(Cl)cc(Cl)c1. The number of hydrogen-bond donors (Lipinski definition) is 2. The van der Waals surface area contributed by atoms with Gasteiger partial charge in [-0.3, -0.25) is 9.59 Å². The van der Waals surface area contributed by atoms with Gasteiger partial charge in [0.2, 0.25) is 5.91 Å². The van der Waals surface area contributed by atoms with Crippen molar-refractivity contribution >= 4 is 57.6 Å². The Bertz CT molecular complexity index is 1240. The van der Waals surface area contributed by atoms with E-state index in [-0.39, 0.29) is 17.2 Å². The summed E-state index contributed by atoms with van der Waals surface area (Å²) in [6, 6.07) is 10.1. The van der Waals surface area contributed by atoms with Crippen LogP contribution in [0.1, 0.15) is 0 Å². The number of amides is 1. The molecule has 29 heavy (non-hydrogen) atoms. The smallest absolute Gasteiger partial charge is 0.262 e. The van der Waals surface area contributed by atoms with Crippen molar-refractivity contribution < 1.29 is 4.79 Å². The number of aromatic amines is 1. The molecule has 146 valence electrons. The highest BCUT2D eigenvalue weighted by atomic mass is 35.5. The van der Waals surface area contributed by atoms with Gasteiger partial charge in [0.15, 0.2) is 16.6 Å². The molecule has 0 atom stereocenters. The minimum Gasteiger partial charge on any atom is -0.325 e. The molecule has 3 aromatic heterocycles. The van der Waals surface area contributed by atoms with E-state index in [1.807, 2.05) is 6.07 Å². The summed E-state index contributed by atoms with van der Waals surface area (Å²) >= 11 is 12.9. The molecule has 3 heterocycles. The van der Waals surface area contributed by atoms with E-state index in [4.69, 9.17) is 23.2 Å². The van der Waals surface area contributed by atoms with Gasteiger partial charge in [0, 0.05) is 21.9 Å². The third-order valence-corrected chi connectivity index (χ3v) is 5.08. The van der Waals surface area contributed by atoms with Gasteiger partial charge < -0.3 is 10.3 Å². The third-order valence-electron chi connectivity index (χ3n) is 3.77. The zero-order valence-corrected chi connectivity index (χ0v) is 16.9. The fourth-order valence-electron chi connectivity index (χ4n) is 2.57. The van der Waals surface area contributed by atoms with Gasteiger partial charge in [0.05, 0.1) is 11.9 Å². The summed E-state index contributed by atoms with van der Waals surface area (Å²) in [5.74, 6) is 0.262. The highest BCUT2D eigenvalue weighted by Gasteiger charge is 2.13. The van der Waals surface area contributed by atoms with E-state index in [9.17, 15) is 9.59 Å². The molecule has 8 nitrogen and oxygen atoms in total. The lowest BCUT2D eigenvalue weighted by Gasteiger charge is -2.06. The minimum absolute atomic E-state index is 0.0241. The van der Waals surface area contributed by atoms with Crippen LogP contribution in [-0.2, 0) is 4.79 Å². The van der Waals surface area contributed by atoms with Crippen LogP contribution in [0.3, 0.4) is 0 Å². The van der Waals surface area contributed by atoms with Crippen LogP contribution in [0, 0.1) is 0 Å². The van der Waals surface area contributed by atoms with Crippen LogP contribution >= 0.6 is 35.0 Å². The van der Waals surface area contributed by atoms with E-state index >= 15 is 0 Å². The number of fused-ring (bicyclic) bond motifs is 1. The number of nitrogens with zero attached hydrogens (tertiary/aromatic N) is 4. The van der Waals surface area contributed by atoms with E-state index in [1.165, 1.54) is 10.9 Å². The van der Waals surface area contributed by atoms with Crippen LogP contribution in [0.2, 0.25) is 10.0 Å². The molecule has 0 radical (unpaired) electrons. The highest BCUT2D eigenvalue weighted by molar-refractivity contribution is 7.99. The Morgan fingerprint density at radius 2 is 2.00 bits per heavy atom. The number of aromatic nitrogens is 5. The number of benzene rings is 1. The number of nitrogens with one attached hydrogen (secondary N) is 2. The van der Waals surface area contributed by atoms with Crippen molar-refractivity contribution in [3.63, 3.8) is 0 Å². The maximum atomic E-state index is 12.3. The average molecular weight is 447 g/mol. The Labute approximate surface area is 178 Å². The van der Waals surface area contributed by atoms with Crippen LogP contribution in [-0.4, -0.2) is 36.4 Å². The van der Waals surface area contributed by atoms with Crippen LogP contribution in [0.15, 0.2) is 58.7 Å². The summed E-state index contributed by atoms with van der Waals surface area (Å²) in [5, 5.41) is 8.35. The van der Waals surface area contributed by atoms with Crippen molar-refractivity contribution in [1.29, 1.82) is 0 Å². The van der Waals surface area contributed by atoms with E-state index in [1.54, 1.807) is 36.5 Å². The Balaban J connectivity index is 1.53. The van der Waals surface area contributed by atoms with Gasteiger partial charge in [-0.15, -0.1) is 0 Å². The first-order valence-electron chi connectivity index (χ1n) is 8.28. The zero-order valence-electron chi connectivity index (χ0n) is 14.6. The van der Waals surface area contributed by atoms with Crippen molar-refractivity contribution in [3.05, 3.63) is 69.2 Å². The molecule has 11 heteroatoms. The van der Waals surface area contributed by atoms with Gasteiger partial charge in [0.25, 0.3) is 5.56 Å². The molecule has 2 N–H and O–H groups in total. The average Bonchev–Trinajstić information content (AvgIpc) is 3.11. The summed E-state index contributed by atoms with van der Waals surface area (Å²) < 4.78 is 1.47. The topological polar surface area (TPSA) is 106 Å². The maximum absolute atomic E-state index is 12.3. The predicted octanol–water partition coefficient (Wildman–Crippen LogP) is 3.54. The molecule has 0 saturated heterocycles. The molecule has 1 aromatic carbocycles. The Hall–Kier alpha value is -2.88. The maximum Gasteiger partial charge on any atom is 0.262 e. The molecular formula is C18H12Cl2N6O2S. The number of hydrogen-bond acceptors (Lipinski definition) is 6. The first-order valence-corrected chi connectivity index (χ1v) is 10.0. The number of H-pyrrole nitrogens is 1. The molecule has 0 spiro atoms. The van der Waals surface area contributed by atoms with E-state index in [2.05, 4.69) is 25.4 Å². The lowest BCUT2D eigenvalue weighted by Crippen LogP contribution is -2.15. The number of thioether (sulfide) groups is 1. The fraction of sp³-hybridized carbons (Fsp3) is 0.0556. The predicted molar refractivity (Wildman–Crippen MR) is 113 cm³/mol. The number of anilines is 1. The number of halogens is 2. The van der Waals surface area contributed by atoms with Gasteiger partial charge in [-0.05, 0) is 30.3 Å². The minimum atomic E-state index is -0.346. The normalized spacial score (nSPS) is 11.0. The molecule has 0 bridgehead atoms. The van der Waals surface area contributed by atoms with Crippen LogP contribution in [0.25, 0.3) is 16.9 Å². The molecule has 1 amide bonds. The van der Waals surface area contributed by atoms with Gasteiger partial charge in [-0.2, -0.15) is 9.78 Å². The second-order valence-corrected chi connectivity index (χ2v) is 7.68. The summed E-state index contributed by atoms with van der Waals surface area (Å²) in [7, 11) is 0. The standard InChI is InChI=1S/C18H12Cl2N6O2S/c19-10-5-11(20)7-12(6-10)23-15(27)9-29-18-24-16-13(17(28)25-18)8-22-26(16)14-3-1-2-4-21-14/h1-8H,9H2,(H,23,27)(H,24,25,28). The number of pyridine rings is 1. The van der Waals surface area contributed by atoms with Crippen LogP contribution < -0.4 is 10.9 Å². The quantitative estimate of drug-likeness (QED) is 0.358. The van der Waals surface area contributed by atoms with Crippen molar-refractivity contribution in [2.24, 2.45) is 0 Å². The highest BCUT2D eigenvalue weighted by Crippen LogP contribution is 2.23. The molecule has 0 aliphatic heterocycles. The fourth-order valence-corrected chi connectivity index (χ4v) is 3.75. The Morgan fingerprint density at radius 1 is 1.21 bits per heavy atom. The molecule has 4 rings (SSSR count). The second kappa shape index (κ2) is 8.24. The van der Waals surface area contributed by atoms with Crippen molar-refractivity contribution in [3.8, 4) is 5.82 Å². The molecule has 0 fully saturated rings. The molecule has 0 saturated carbocycles. The number of carbonyl (C=O) groups is 1. The number of carbonyl (C=O) groups excluding carboxylic acids is 1. The lowest BCUT2D eigenvalue weighted by molar-refractivity contribution is -0.113. The van der Waals surface area contributed by atoms with Crippen LogP contribution in [0.4, 0.5) is 5.69 Å². The largest absolute Gasteiger partial charge is 0.325 e. The van der Waals surface area contributed by atoms with Crippen LogP contribution in [0.5, 0.6) is 0 Å². The van der Waals surface area contributed by atoms with E-state index in [0.29, 0.717) is 37.7 Å². The summed E-state index contributed by atoms with van der Waals surface area (Å²) in [5.41, 5.74) is 0.497. The first-order chi connectivity index (χ1) is 14.0. The zero-order chi connectivity index (χ0) is 20.4. The third kappa shape index (κ3) is 4.42. The molecular weight excluding hydrogens is 435 g/mol. The Kier molecular flexibility index (Phi) is 5.52. The van der Waals surface area contributed by atoms with E-state index in [0.717, 1.165) is 11.8 Å². The van der Waals surface area contributed by atoms with Gasteiger partial charge in [-0.1, -0.05) is 41.0 Å². The van der Waals surface area contributed by atoms with Gasteiger partial charge in [0.1, 0.15) is 5.39 Å². The van der Waals surface area contributed by atoms with Crippen molar-refractivity contribution in [2.45, 2.75) is 5.16 Å². The molecule has 0 aliphatic carbocycles. The monoisotopic (exact) mass is 446 g/mol. The second-order valence-electron chi connectivity index (χ2n) is 5.85. The first kappa shape index (κ1) is 19.4. The molecule has 0 unspecified atom stereocenters. The molecule has 0 aliphatic rings. The molecule has 4 aromatic rings. The van der Waals surface area contributed by atoms with Gasteiger partial charge >= 0.3 is 0 Å². The van der Waals surface area contributed by atoms with Gasteiger partial charge in [-0.25, -0.2) is 9.97 Å². The Morgan fingerprint density at radius 3 is 2.72 bits per heavy atom. The van der Waals surface area contributed by atoms with E-state index < -0.39 is 0 Å². The van der Waals surface area contributed by atoms with Crippen molar-refractivity contribution in [2.75, 3.05) is 11.1 Å². The van der Waals surface area contributed by atoms with Crippen molar-refractivity contribution in [1.82, 2.24) is 24.7 Å². The summed E-state index contributed by atoms with van der Waals surface area (Å²) in [6.07, 6.45) is 3.05. The summed E-state index contributed by atoms with van der Waals surface area (Å²) in [6.45, 7) is 0. The lowest BCUT2D eigenvalue weighted by atomic mass is 10.3.